The van der Waals surface area contributed by atoms with Gasteiger partial charge in [-0.05, 0) is 35.1 Å². The lowest BCUT2D eigenvalue weighted by molar-refractivity contribution is -0.135. The average molecular weight is 1420 g/mol. The molecular weight excluding hydrogens is 1340 g/mol. The van der Waals surface area contributed by atoms with Crippen LogP contribution >= 0.6 is 36.7 Å². The zero-order chi connectivity index (χ0) is 64.8. The molecule has 0 spiro atoms. The first-order valence-electron chi connectivity index (χ1n) is 29.3. The van der Waals surface area contributed by atoms with Crippen molar-refractivity contribution in [3.63, 3.8) is 0 Å². The number of ketones is 1. The van der Waals surface area contributed by atoms with Crippen LogP contribution in [-0.2, 0) is 148 Å². The number of rotatable bonds is 20. The third-order valence-corrected chi connectivity index (χ3v) is 16.3. The van der Waals surface area contributed by atoms with Crippen molar-refractivity contribution >= 4 is 106 Å². The van der Waals surface area contributed by atoms with Gasteiger partial charge in [0.15, 0.2) is 5.43 Å². The van der Waals surface area contributed by atoms with Crippen molar-refractivity contribution in [3.8, 4) is 5.75 Å². The molecule has 0 radical (unpaired) electrons. The number of H-pyrrole nitrogens is 1. The van der Waals surface area contributed by atoms with Gasteiger partial charge in [0.1, 0.15) is 39.1 Å². The number of benzene rings is 4. The molecule has 91 heavy (non-hydrogen) atoms. The topological polar surface area (TPSA) is 209 Å². The predicted molar refractivity (Wildman–Crippen MR) is 369 cm³/mol. The van der Waals surface area contributed by atoms with Crippen LogP contribution in [0.15, 0.2) is 150 Å². The number of Topliss-reactive ketones (excluding diaryl/α,β-unsaturated/α-hetero) is 1. The van der Waals surface area contributed by atoms with Gasteiger partial charge in [0, 0.05) is 157 Å². The van der Waals surface area contributed by atoms with Gasteiger partial charge in [-0.1, -0.05) is 145 Å². The Kier molecular flexibility index (Phi) is 35.1. The van der Waals surface area contributed by atoms with Crippen LogP contribution in [-0.4, -0.2) is 119 Å². The summed E-state index contributed by atoms with van der Waals surface area (Å²) in [5.74, 6) is 1.04. The molecule has 26 heteroatoms. The average Bonchev–Trinajstić information content (AvgIpc) is 1.86. The minimum Gasteiger partial charge on any atom is -0.490 e. The molecule has 0 amide bonds. The SMILES string of the molecule is COC1(c2cc(=O)cc(Cl)[nH]2)CCOC1.COC1(c2cc(OC3CC(OCc4ccccc4)C3)cc(Cl)n2)CCOC1.CS(=O)(=O)OC1CC(OCc2ccccc2)C1.O=C1CC(OCc2ccccc2)C1.OC1CC(OCc2ccccc2)C1.S.S=S.S=S=S. The highest BCUT2D eigenvalue weighted by Crippen LogP contribution is 2.38. The van der Waals surface area contributed by atoms with Gasteiger partial charge in [-0.3, -0.25) is 13.8 Å². The third-order valence-electron chi connectivity index (χ3n) is 15.3. The molecule has 496 valence electrons. The second-order valence-corrected chi connectivity index (χ2v) is 26.2. The number of carbonyl (C=O) groups is 1. The van der Waals surface area contributed by atoms with E-state index < -0.39 is 21.3 Å². The molecule has 4 aliphatic carbocycles. The van der Waals surface area contributed by atoms with Gasteiger partial charge in [0.05, 0.1) is 93.9 Å². The second kappa shape index (κ2) is 41.1. The fourth-order valence-electron chi connectivity index (χ4n) is 9.89. The number of carbonyl (C=O) groups excluding carboxylic acids is 1. The smallest absolute Gasteiger partial charge is 0.264 e. The Morgan fingerprint density at radius 1 is 0.604 bits per heavy atom. The summed E-state index contributed by atoms with van der Waals surface area (Å²) in [6.45, 7) is 4.70. The van der Waals surface area contributed by atoms with Crippen LogP contribution in [0.3, 0.4) is 0 Å². The summed E-state index contributed by atoms with van der Waals surface area (Å²) in [6, 6.07) is 46.8. The van der Waals surface area contributed by atoms with Gasteiger partial charge < -0.3 is 52.7 Å². The number of pyridine rings is 2. The van der Waals surface area contributed by atoms with E-state index in [1.807, 2.05) is 103 Å². The minimum absolute atomic E-state index is 0. The third kappa shape index (κ3) is 27.4. The molecular formula is C65H80Cl2N2O15S7. The lowest BCUT2D eigenvalue weighted by Gasteiger charge is -2.35. The van der Waals surface area contributed by atoms with E-state index in [1.165, 1.54) is 28.8 Å². The number of aliphatic hydroxyl groups is 1. The quantitative estimate of drug-likeness (QED) is 0.0538. The molecule has 2 unspecified atom stereocenters. The number of aromatic amines is 1. The first-order chi connectivity index (χ1) is 43.5. The summed E-state index contributed by atoms with van der Waals surface area (Å²) in [5, 5.41) is 9.76. The van der Waals surface area contributed by atoms with Crippen LogP contribution in [0.5, 0.6) is 5.75 Å². The zero-order valence-corrected chi connectivity index (χ0v) is 58.4. The maximum absolute atomic E-state index is 11.3. The second-order valence-electron chi connectivity index (χ2n) is 22.0. The molecule has 12 rings (SSSR count). The van der Waals surface area contributed by atoms with E-state index in [0.717, 1.165) is 70.7 Å². The lowest BCUT2D eigenvalue weighted by Crippen LogP contribution is -2.39. The first-order valence-corrected chi connectivity index (χ1v) is 35.8. The Hall–Kier alpha value is -3.97. The van der Waals surface area contributed by atoms with Crippen molar-refractivity contribution in [2.24, 2.45) is 0 Å². The number of hydrogen-bond donors (Lipinski definition) is 2. The van der Waals surface area contributed by atoms with Crippen molar-refractivity contribution in [3.05, 3.63) is 200 Å². The predicted octanol–water partition coefficient (Wildman–Crippen LogP) is 10.9. The molecule has 6 fully saturated rings. The normalized spacial score (nSPS) is 23.3. The standard InChI is InChI=1S/C21H24ClNO4.C12H16O4S.C11H14O2.C11H12O2.C10H12ClNO3.S3.S2.H2S/c1-24-21(7-8-25-14-21)19-11-18(12-20(22)23-19)27-17-9-16(10-17)26-13-15-5-3-2-4-6-15;1-17(13,14)16-12-7-11(8-12)15-9-10-5-3-2-4-6-10;2*12-10-6-11(7-10)13-8-9-4-2-1-3-5-9;1-14-10(2-3-15-6-10)8-4-7(13)5-9(11)12-8;1-3-2;1-2;/h2-6,11-12,16-17H,7-10,13-14H2,1H3;2-6,11-12H,7-9H2,1H3;1-5,10-12H,6-8H2;1-5,11H,6-8H2;4-5H,2-3,6H2,1H3,(H,12,13);;;1H2. The molecule has 4 aromatic carbocycles. The largest absolute Gasteiger partial charge is 0.490 e. The van der Waals surface area contributed by atoms with Crippen molar-refractivity contribution in [1.82, 2.24) is 9.97 Å². The molecule has 17 nitrogen and oxygen atoms in total. The van der Waals surface area contributed by atoms with Gasteiger partial charge in [0.2, 0.25) is 0 Å². The Balaban J connectivity index is 0.000000208. The number of aliphatic hydroxyl groups excluding tert-OH is 1. The van der Waals surface area contributed by atoms with Crippen molar-refractivity contribution in [2.75, 3.05) is 46.9 Å². The number of aromatic nitrogens is 2. The summed E-state index contributed by atoms with van der Waals surface area (Å²) < 4.78 is 77.3. The Morgan fingerprint density at radius 3 is 1.38 bits per heavy atom. The molecule has 2 aliphatic heterocycles. The number of methoxy groups -OCH3 is 2. The van der Waals surface area contributed by atoms with Crippen molar-refractivity contribution in [1.29, 1.82) is 0 Å². The van der Waals surface area contributed by atoms with Crippen molar-refractivity contribution in [2.45, 2.75) is 145 Å². The summed E-state index contributed by atoms with van der Waals surface area (Å²) >= 11 is 27.6. The molecule has 2 saturated heterocycles. The van der Waals surface area contributed by atoms with Gasteiger partial charge in [-0.2, -0.15) is 21.9 Å². The molecule has 6 aliphatic rings. The Labute approximate surface area is 573 Å². The van der Waals surface area contributed by atoms with Gasteiger partial charge >= 0.3 is 0 Å². The Bertz CT molecular complexity index is 3260. The summed E-state index contributed by atoms with van der Waals surface area (Å²) in [5.41, 5.74) is 4.91. The monoisotopic (exact) mass is 1420 g/mol. The number of nitrogens with one attached hydrogen (secondary N) is 1. The molecule has 2 N–H and O–H groups in total. The summed E-state index contributed by atoms with van der Waals surface area (Å²) in [7, 11) is 0.870. The van der Waals surface area contributed by atoms with Crippen LogP contribution < -0.4 is 10.2 Å². The minimum atomic E-state index is -3.33. The number of halogens is 2. The molecule has 0 bridgehead atoms. The van der Waals surface area contributed by atoms with Crippen LogP contribution in [0.4, 0.5) is 0 Å². The number of nitrogens with zero attached hydrogens (tertiary/aromatic N) is 1. The fraction of sp³-hybridized carbons (Fsp3) is 0.462. The highest BCUT2D eigenvalue weighted by atomic mass is 35.5. The molecule has 2 atom stereocenters. The van der Waals surface area contributed by atoms with Crippen LogP contribution in [0.2, 0.25) is 10.3 Å². The van der Waals surface area contributed by atoms with E-state index in [9.17, 15) is 18.0 Å². The van der Waals surface area contributed by atoms with E-state index in [0.29, 0.717) is 100 Å². The van der Waals surface area contributed by atoms with Crippen LogP contribution in [0.25, 0.3) is 0 Å². The van der Waals surface area contributed by atoms with E-state index in [4.69, 9.17) is 75.1 Å². The highest BCUT2D eigenvalue weighted by molar-refractivity contribution is 8.37. The highest BCUT2D eigenvalue weighted by Gasteiger charge is 2.41. The number of hydrogen-bond acceptors (Lipinski definition) is 20. The van der Waals surface area contributed by atoms with Crippen molar-refractivity contribution < 1.29 is 65.1 Å². The molecule has 6 aromatic rings. The zero-order valence-electron chi connectivity index (χ0n) is 50.9. The maximum atomic E-state index is 11.3. The summed E-state index contributed by atoms with van der Waals surface area (Å²) in [6.07, 6.45) is 9.02. The van der Waals surface area contributed by atoms with E-state index in [1.54, 1.807) is 20.3 Å². The van der Waals surface area contributed by atoms with E-state index in [2.05, 4.69) is 79.0 Å². The molecule has 2 aromatic heterocycles. The number of ether oxygens (including phenoxy) is 9. The van der Waals surface area contributed by atoms with E-state index in [-0.39, 0.29) is 61.7 Å². The van der Waals surface area contributed by atoms with Gasteiger partial charge in [0.25, 0.3) is 10.1 Å². The van der Waals surface area contributed by atoms with Gasteiger partial charge in [-0.15, -0.1) is 0 Å². The van der Waals surface area contributed by atoms with E-state index >= 15 is 0 Å². The molecule has 4 saturated carbocycles. The molecule has 4 heterocycles. The first kappa shape index (κ1) is 77.7. The Morgan fingerprint density at radius 2 is 1.01 bits per heavy atom. The summed E-state index contributed by atoms with van der Waals surface area (Å²) in [4.78, 5) is 29.4. The lowest BCUT2D eigenvalue weighted by atomic mass is 9.91. The van der Waals surface area contributed by atoms with Crippen LogP contribution in [0.1, 0.15) is 97.8 Å². The van der Waals surface area contributed by atoms with Gasteiger partial charge in [-0.25, -0.2) is 4.98 Å². The van der Waals surface area contributed by atoms with Crippen LogP contribution in [0, 0.1) is 0 Å². The maximum Gasteiger partial charge on any atom is 0.264 e. The fourth-order valence-corrected chi connectivity index (χ4v) is 10.9.